The van der Waals surface area contributed by atoms with Crippen LogP contribution in [0.5, 0.6) is 0 Å². The van der Waals surface area contributed by atoms with E-state index in [0.717, 1.165) is 12.8 Å². The number of carbonyl (C=O) groups excluding carboxylic acids is 2. The molecule has 0 saturated heterocycles. The highest BCUT2D eigenvalue weighted by Crippen LogP contribution is 2.30. The normalized spacial score (nSPS) is 25.5. The van der Waals surface area contributed by atoms with Gasteiger partial charge in [0.05, 0.1) is 13.0 Å². The van der Waals surface area contributed by atoms with Gasteiger partial charge in [0, 0.05) is 12.3 Å². The summed E-state index contributed by atoms with van der Waals surface area (Å²) in [6, 6.07) is 0. The molecule has 0 N–H and O–H groups in total. The van der Waals surface area contributed by atoms with Crippen LogP contribution in [0.4, 0.5) is 0 Å². The van der Waals surface area contributed by atoms with E-state index in [1.165, 1.54) is 20.0 Å². The number of hydrogen-bond acceptors (Lipinski definition) is 3. The van der Waals surface area contributed by atoms with Crippen molar-refractivity contribution in [3.8, 4) is 0 Å². The zero-order chi connectivity index (χ0) is 12.0. The van der Waals surface area contributed by atoms with Crippen molar-refractivity contribution in [1.82, 2.24) is 0 Å². The Hall–Kier alpha value is -0.860. The number of unbranched alkanes of at least 4 members (excludes halogenated alkanes) is 2. The average molecular weight is 226 g/mol. The lowest BCUT2D eigenvalue weighted by atomic mass is 9.78. The molecule has 16 heavy (non-hydrogen) atoms. The van der Waals surface area contributed by atoms with Gasteiger partial charge in [-0.25, -0.2) is 0 Å². The summed E-state index contributed by atoms with van der Waals surface area (Å²) in [4.78, 5) is 23.1. The number of esters is 1. The van der Waals surface area contributed by atoms with Gasteiger partial charge in [-0.05, 0) is 19.3 Å². The highest BCUT2D eigenvalue weighted by Gasteiger charge is 2.32. The summed E-state index contributed by atoms with van der Waals surface area (Å²) in [5.74, 6) is 0.253. The third-order valence-corrected chi connectivity index (χ3v) is 3.45. The summed E-state index contributed by atoms with van der Waals surface area (Å²) >= 11 is 0. The molecular weight excluding hydrogens is 204 g/mol. The standard InChI is InChI=1S/C13H22O3/c1-3-4-5-6-10-9-11(13(15)16-2)7-8-12(10)14/h10-11H,3-9H2,1-2H3. The molecule has 1 fully saturated rings. The Morgan fingerprint density at radius 1 is 1.44 bits per heavy atom. The van der Waals surface area contributed by atoms with Crippen LogP contribution in [0.15, 0.2) is 0 Å². The Labute approximate surface area is 97.5 Å². The molecule has 0 amide bonds. The van der Waals surface area contributed by atoms with E-state index in [2.05, 4.69) is 6.92 Å². The third-order valence-electron chi connectivity index (χ3n) is 3.45. The lowest BCUT2D eigenvalue weighted by Crippen LogP contribution is -2.30. The second kappa shape index (κ2) is 6.66. The van der Waals surface area contributed by atoms with Gasteiger partial charge in [-0.1, -0.05) is 26.2 Å². The molecular formula is C13H22O3. The summed E-state index contributed by atoms with van der Waals surface area (Å²) in [6.07, 6.45) is 6.32. The van der Waals surface area contributed by atoms with Gasteiger partial charge in [-0.2, -0.15) is 0 Å². The highest BCUT2D eigenvalue weighted by molar-refractivity contribution is 5.84. The maximum absolute atomic E-state index is 11.7. The Kier molecular flexibility index (Phi) is 5.50. The Balaban J connectivity index is 2.42. The van der Waals surface area contributed by atoms with Crippen LogP contribution in [0.1, 0.15) is 51.9 Å². The number of ether oxygens (including phenoxy) is 1. The fraction of sp³-hybridized carbons (Fsp3) is 0.846. The summed E-state index contributed by atoms with van der Waals surface area (Å²) < 4.78 is 4.75. The van der Waals surface area contributed by atoms with Crippen molar-refractivity contribution in [2.45, 2.75) is 51.9 Å². The van der Waals surface area contributed by atoms with E-state index in [9.17, 15) is 9.59 Å². The molecule has 1 aliphatic rings. The van der Waals surface area contributed by atoms with E-state index in [1.807, 2.05) is 0 Å². The summed E-state index contributed by atoms with van der Waals surface area (Å²) in [5, 5.41) is 0. The van der Waals surface area contributed by atoms with Gasteiger partial charge in [0.15, 0.2) is 0 Å². The Morgan fingerprint density at radius 2 is 2.19 bits per heavy atom. The maximum atomic E-state index is 11.7. The van der Waals surface area contributed by atoms with E-state index in [0.29, 0.717) is 25.0 Å². The fourth-order valence-electron chi connectivity index (χ4n) is 2.41. The van der Waals surface area contributed by atoms with Crippen molar-refractivity contribution in [3.63, 3.8) is 0 Å². The van der Waals surface area contributed by atoms with E-state index >= 15 is 0 Å². The number of ketones is 1. The largest absolute Gasteiger partial charge is 0.469 e. The van der Waals surface area contributed by atoms with E-state index in [4.69, 9.17) is 4.74 Å². The maximum Gasteiger partial charge on any atom is 0.308 e. The lowest BCUT2D eigenvalue weighted by molar-refractivity contribution is -0.148. The molecule has 1 aliphatic carbocycles. The molecule has 3 heteroatoms. The number of rotatable bonds is 5. The minimum atomic E-state index is -0.145. The van der Waals surface area contributed by atoms with Crippen molar-refractivity contribution < 1.29 is 14.3 Å². The van der Waals surface area contributed by atoms with E-state index < -0.39 is 0 Å². The fourth-order valence-corrected chi connectivity index (χ4v) is 2.41. The van der Waals surface area contributed by atoms with Crippen LogP contribution in [-0.2, 0) is 14.3 Å². The second-order valence-corrected chi connectivity index (χ2v) is 4.65. The first-order chi connectivity index (χ1) is 7.69. The summed E-state index contributed by atoms with van der Waals surface area (Å²) in [5.41, 5.74) is 0. The van der Waals surface area contributed by atoms with Crippen LogP contribution in [0, 0.1) is 11.8 Å². The predicted molar refractivity (Wildman–Crippen MR) is 62.0 cm³/mol. The first-order valence-electron chi connectivity index (χ1n) is 6.29. The first-order valence-corrected chi connectivity index (χ1v) is 6.29. The third kappa shape index (κ3) is 3.62. The molecule has 0 spiro atoms. The van der Waals surface area contributed by atoms with Gasteiger partial charge in [0.1, 0.15) is 5.78 Å². The smallest absolute Gasteiger partial charge is 0.308 e. The molecule has 92 valence electrons. The van der Waals surface area contributed by atoms with Crippen LogP contribution < -0.4 is 0 Å². The van der Waals surface area contributed by atoms with Gasteiger partial charge < -0.3 is 4.74 Å². The molecule has 0 bridgehead atoms. The highest BCUT2D eigenvalue weighted by atomic mass is 16.5. The van der Waals surface area contributed by atoms with Gasteiger partial charge >= 0.3 is 5.97 Å². The Morgan fingerprint density at radius 3 is 2.81 bits per heavy atom. The van der Waals surface area contributed by atoms with Crippen LogP contribution in [0.2, 0.25) is 0 Å². The first kappa shape index (κ1) is 13.2. The molecule has 0 aromatic heterocycles. The van der Waals surface area contributed by atoms with Crippen LogP contribution >= 0.6 is 0 Å². The molecule has 1 saturated carbocycles. The molecule has 0 heterocycles. The zero-order valence-electron chi connectivity index (χ0n) is 10.3. The van der Waals surface area contributed by atoms with Crippen LogP contribution in [-0.4, -0.2) is 18.9 Å². The number of carbonyl (C=O) groups is 2. The van der Waals surface area contributed by atoms with Crippen molar-refractivity contribution in [3.05, 3.63) is 0 Å². The monoisotopic (exact) mass is 226 g/mol. The van der Waals surface area contributed by atoms with Crippen molar-refractivity contribution in [1.29, 1.82) is 0 Å². The minimum absolute atomic E-state index is 0.0469. The van der Waals surface area contributed by atoms with Crippen LogP contribution in [0.25, 0.3) is 0 Å². The van der Waals surface area contributed by atoms with E-state index in [1.54, 1.807) is 0 Å². The van der Waals surface area contributed by atoms with Gasteiger partial charge in [-0.15, -0.1) is 0 Å². The molecule has 0 radical (unpaired) electrons. The van der Waals surface area contributed by atoms with Crippen molar-refractivity contribution >= 4 is 11.8 Å². The molecule has 1 rings (SSSR count). The minimum Gasteiger partial charge on any atom is -0.469 e. The number of methoxy groups -OCH3 is 1. The molecule has 0 aromatic carbocycles. The lowest BCUT2D eigenvalue weighted by Gasteiger charge is -2.26. The molecule has 2 unspecified atom stereocenters. The predicted octanol–water partition coefficient (Wildman–Crippen LogP) is 2.73. The quantitative estimate of drug-likeness (QED) is 0.534. The molecule has 3 nitrogen and oxygen atoms in total. The van der Waals surface area contributed by atoms with Gasteiger partial charge in [-0.3, -0.25) is 9.59 Å². The SMILES string of the molecule is CCCCCC1CC(C(=O)OC)CCC1=O. The summed E-state index contributed by atoms with van der Waals surface area (Å²) in [7, 11) is 1.42. The van der Waals surface area contributed by atoms with Gasteiger partial charge in [0.2, 0.25) is 0 Å². The van der Waals surface area contributed by atoms with E-state index in [-0.39, 0.29) is 17.8 Å². The van der Waals surface area contributed by atoms with Crippen molar-refractivity contribution in [2.24, 2.45) is 11.8 Å². The average Bonchev–Trinajstić information content (AvgIpc) is 2.31. The number of Topliss-reactive ketones (excluding diaryl/α,β-unsaturated/α-hetero) is 1. The van der Waals surface area contributed by atoms with Gasteiger partial charge in [0.25, 0.3) is 0 Å². The number of hydrogen-bond donors (Lipinski definition) is 0. The summed E-state index contributed by atoms with van der Waals surface area (Å²) in [6.45, 7) is 2.15. The molecule has 2 atom stereocenters. The zero-order valence-corrected chi connectivity index (χ0v) is 10.3. The molecule has 0 aromatic rings. The van der Waals surface area contributed by atoms with Crippen molar-refractivity contribution in [2.75, 3.05) is 7.11 Å². The topological polar surface area (TPSA) is 43.4 Å². The Bertz CT molecular complexity index is 248. The molecule has 0 aliphatic heterocycles. The second-order valence-electron chi connectivity index (χ2n) is 4.65. The van der Waals surface area contributed by atoms with Crippen LogP contribution in [0.3, 0.4) is 0 Å².